The standard InChI is InChI=1S/C19H18FN5O/c1-13(26)15-3-2-4-17(11-15)23-19-24-18(12-22-25-19)21-10-9-14-5-7-16(20)8-6-14/h2-8,11-12H,9-10H2,1H3,(H2,21,23,24,25). The van der Waals surface area contributed by atoms with E-state index in [0.29, 0.717) is 29.6 Å². The van der Waals surface area contributed by atoms with Gasteiger partial charge in [-0.2, -0.15) is 10.1 Å². The first-order valence-corrected chi connectivity index (χ1v) is 8.16. The van der Waals surface area contributed by atoms with E-state index in [2.05, 4.69) is 25.8 Å². The van der Waals surface area contributed by atoms with Gasteiger partial charge in [0.15, 0.2) is 11.6 Å². The van der Waals surface area contributed by atoms with Gasteiger partial charge in [0.1, 0.15) is 5.82 Å². The van der Waals surface area contributed by atoms with Crippen molar-refractivity contribution in [1.29, 1.82) is 0 Å². The zero-order valence-electron chi connectivity index (χ0n) is 14.2. The highest BCUT2D eigenvalue weighted by Gasteiger charge is 2.04. The molecule has 3 rings (SSSR count). The Labute approximate surface area is 150 Å². The van der Waals surface area contributed by atoms with Crippen molar-refractivity contribution < 1.29 is 9.18 Å². The molecule has 0 aliphatic heterocycles. The molecule has 2 aromatic carbocycles. The van der Waals surface area contributed by atoms with E-state index in [1.54, 1.807) is 30.3 Å². The molecule has 3 aromatic rings. The van der Waals surface area contributed by atoms with Crippen LogP contribution in [0.4, 0.5) is 21.8 Å². The number of carbonyl (C=O) groups is 1. The summed E-state index contributed by atoms with van der Waals surface area (Å²) in [4.78, 5) is 15.8. The number of nitrogens with zero attached hydrogens (tertiary/aromatic N) is 3. The van der Waals surface area contributed by atoms with Gasteiger partial charge >= 0.3 is 0 Å². The average Bonchev–Trinajstić information content (AvgIpc) is 2.64. The zero-order chi connectivity index (χ0) is 18.4. The third-order valence-corrected chi connectivity index (χ3v) is 3.72. The van der Waals surface area contributed by atoms with Crippen molar-refractivity contribution in [2.45, 2.75) is 13.3 Å². The number of hydrogen-bond acceptors (Lipinski definition) is 6. The van der Waals surface area contributed by atoms with Crippen molar-refractivity contribution in [3.63, 3.8) is 0 Å². The number of Topliss-reactive ketones (excluding diaryl/α,β-unsaturated/α-hetero) is 1. The van der Waals surface area contributed by atoms with Crippen molar-refractivity contribution in [2.24, 2.45) is 0 Å². The number of rotatable bonds is 7. The van der Waals surface area contributed by atoms with E-state index < -0.39 is 0 Å². The molecule has 0 amide bonds. The van der Waals surface area contributed by atoms with Crippen LogP contribution < -0.4 is 10.6 Å². The Morgan fingerprint density at radius 2 is 1.96 bits per heavy atom. The number of halogens is 1. The van der Waals surface area contributed by atoms with E-state index in [0.717, 1.165) is 12.0 Å². The summed E-state index contributed by atoms with van der Waals surface area (Å²) in [6.07, 6.45) is 2.26. The monoisotopic (exact) mass is 351 g/mol. The van der Waals surface area contributed by atoms with Gasteiger partial charge < -0.3 is 10.6 Å². The molecule has 1 aromatic heterocycles. The Kier molecular flexibility index (Phi) is 5.48. The molecule has 0 radical (unpaired) electrons. The van der Waals surface area contributed by atoms with Crippen molar-refractivity contribution >= 4 is 23.2 Å². The van der Waals surface area contributed by atoms with Crippen LogP contribution in [0, 0.1) is 5.82 Å². The molecule has 0 saturated heterocycles. The Bertz CT molecular complexity index is 898. The van der Waals surface area contributed by atoms with Crippen LogP contribution in [0.25, 0.3) is 0 Å². The van der Waals surface area contributed by atoms with Crippen LogP contribution in [-0.4, -0.2) is 27.5 Å². The van der Waals surface area contributed by atoms with Crippen LogP contribution in [-0.2, 0) is 6.42 Å². The minimum absolute atomic E-state index is 0.0103. The Morgan fingerprint density at radius 3 is 2.73 bits per heavy atom. The van der Waals surface area contributed by atoms with Crippen molar-refractivity contribution in [1.82, 2.24) is 15.2 Å². The average molecular weight is 351 g/mol. The summed E-state index contributed by atoms with van der Waals surface area (Å²) < 4.78 is 12.9. The lowest BCUT2D eigenvalue weighted by Crippen LogP contribution is -2.09. The molecule has 0 atom stereocenters. The second kappa shape index (κ2) is 8.15. The number of carbonyl (C=O) groups excluding carboxylic acids is 1. The zero-order valence-corrected chi connectivity index (χ0v) is 14.2. The quantitative estimate of drug-likeness (QED) is 0.633. The molecule has 1 heterocycles. The van der Waals surface area contributed by atoms with E-state index in [4.69, 9.17) is 0 Å². The van der Waals surface area contributed by atoms with Gasteiger partial charge in [0.2, 0.25) is 5.95 Å². The van der Waals surface area contributed by atoms with Crippen LogP contribution in [0.3, 0.4) is 0 Å². The third-order valence-electron chi connectivity index (χ3n) is 3.72. The normalized spacial score (nSPS) is 10.4. The number of ketones is 1. The van der Waals surface area contributed by atoms with E-state index in [1.165, 1.54) is 25.3 Å². The molecule has 7 heteroatoms. The molecular weight excluding hydrogens is 333 g/mol. The summed E-state index contributed by atoms with van der Waals surface area (Å²) in [5.41, 5.74) is 2.35. The summed E-state index contributed by atoms with van der Waals surface area (Å²) in [7, 11) is 0. The van der Waals surface area contributed by atoms with Crippen molar-refractivity contribution in [3.8, 4) is 0 Å². The fourth-order valence-electron chi connectivity index (χ4n) is 2.37. The summed E-state index contributed by atoms with van der Waals surface area (Å²) in [6, 6.07) is 13.5. The topological polar surface area (TPSA) is 79.8 Å². The number of nitrogens with one attached hydrogen (secondary N) is 2. The first kappa shape index (κ1) is 17.5. The number of hydrogen-bond donors (Lipinski definition) is 2. The van der Waals surface area contributed by atoms with Crippen molar-refractivity contribution in [3.05, 3.63) is 71.7 Å². The molecule has 0 bridgehead atoms. The van der Waals surface area contributed by atoms with E-state index in [1.807, 2.05) is 6.07 Å². The molecule has 2 N–H and O–H groups in total. The van der Waals surface area contributed by atoms with Gasteiger partial charge in [0.25, 0.3) is 0 Å². The number of aromatic nitrogens is 3. The molecular formula is C19H18FN5O. The Morgan fingerprint density at radius 1 is 1.15 bits per heavy atom. The van der Waals surface area contributed by atoms with Gasteiger partial charge in [-0.05, 0) is 43.2 Å². The summed E-state index contributed by atoms with van der Waals surface area (Å²) in [5, 5.41) is 14.1. The molecule has 0 aliphatic rings. The molecule has 0 spiro atoms. The van der Waals surface area contributed by atoms with Gasteiger partial charge in [-0.1, -0.05) is 24.3 Å². The third kappa shape index (κ3) is 4.83. The molecule has 6 nitrogen and oxygen atoms in total. The highest BCUT2D eigenvalue weighted by Crippen LogP contribution is 2.15. The van der Waals surface area contributed by atoms with Gasteiger partial charge in [0, 0.05) is 17.8 Å². The predicted molar refractivity (Wildman–Crippen MR) is 98.1 cm³/mol. The van der Waals surface area contributed by atoms with Crippen molar-refractivity contribution in [2.75, 3.05) is 17.2 Å². The van der Waals surface area contributed by atoms with Crippen LogP contribution in [0.5, 0.6) is 0 Å². The summed E-state index contributed by atoms with van der Waals surface area (Å²) in [5.74, 6) is 0.653. The minimum atomic E-state index is -0.244. The van der Waals surface area contributed by atoms with E-state index >= 15 is 0 Å². The maximum absolute atomic E-state index is 12.9. The smallest absolute Gasteiger partial charge is 0.249 e. The van der Waals surface area contributed by atoms with E-state index in [-0.39, 0.29) is 11.6 Å². The predicted octanol–water partition coefficient (Wildman–Crippen LogP) is 3.61. The molecule has 0 aliphatic carbocycles. The van der Waals surface area contributed by atoms with Crippen LogP contribution >= 0.6 is 0 Å². The molecule has 26 heavy (non-hydrogen) atoms. The second-order valence-corrected chi connectivity index (χ2v) is 5.73. The molecule has 0 fully saturated rings. The summed E-state index contributed by atoms with van der Waals surface area (Å²) in [6.45, 7) is 2.15. The van der Waals surface area contributed by atoms with Gasteiger partial charge in [-0.25, -0.2) is 4.39 Å². The highest BCUT2D eigenvalue weighted by atomic mass is 19.1. The van der Waals surface area contributed by atoms with E-state index in [9.17, 15) is 9.18 Å². The molecule has 0 unspecified atom stereocenters. The minimum Gasteiger partial charge on any atom is -0.368 e. The fourth-order valence-corrected chi connectivity index (χ4v) is 2.37. The van der Waals surface area contributed by atoms with Gasteiger partial charge in [-0.15, -0.1) is 5.10 Å². The highest BCUT2D eigenvalue weighted by molar-refractivity contribution is 5.95. The lowest BCUT2D eigenvalue weighted by atomic mass is 10.1. The van der Waals surface area contributed by atoms with Gasteiger partial charge in [-0.3, -0.25) is 4.79 Å². The first-order chi connectivity index (χ1) is 12.6. The molecule has 0 saturated carbocycles. The van der Waals surface area contributed by atoms with Crippen LogP contribution in [0.1, 0.15) is 22.8 Å². The SMILES string of the molecule is CC(=O)c1cccc(Nc2nncc(NCCc3ccc(F)cc3)n2)c1. The van der Waals surface area contributed by atoms with Crippen LogP contribution in [0.15, 0.2) is 54.7 Å². The molecule has 132 valence electrons. The fraction of sp³-hybridized carbons (Fsp3) is 0.158. The van der Waals surface area contributed by atoms with Gasteiger partial charge in [0.05, 0.1) is 6.20 Å². The van der Waals surface area contributed by atoms with Crippen LogP contribution in [0.2, 0.25) is 0 Å². The maximum Gasteiger partial charge on any atom is 0.249 e. The summed E-state index contributed by atoms with van der Waals surface area (Å²) >= 11 is 0. The lowest BCUT2D eigenvalue weighted by molar-refractivity contribution is 0.101. The largest absolute Gasteiger partial charge is 0.368 e. The Balaban J connectivity index is 1.60. The Hall–Kier alpha value is -3.35. The number of benzene rings is 2. The lowest BCUT2D eigenvalue weighted by Gasteiger charge is -2.08. The second-order valence-electron chi connectivity index (χ2n) is 5.73. The maximum atomic E-state index is 12.9. The number of anilines is 3. The first-order valence-electron chi connectivity index (χ1n) is 8.16.